The number of aromatic nitrogens is 2. The summed E-state index contributed by atoms with van der Waals surface area (Å²) >= 11 is 5.74. The first-order valence-corrected chi connectivity index (χ1v) is 10.0. The van der Waals surface area contributed by atoms with Gasteiger partial charge in [-0.25, -0.2) is 0 Å². The van der Waals surface area contributed by atoms with Crippen molar-refractivity contribution in [2.45, 2.75) is 58.7 Å². The van der Waals surface area contributed by atoms with Crippen molar-refractivity contribution >= 4 is 17.3 Å². The topological polar surface area (TPSA) is 33.1 Å². The van der Waals surface area contributed by atoms with Crippen LogP contribution >= 0.6 is 12.2 Å². The first-order chi connectivity index (χ1) is 12.5. The molecule has 0 aromatic carbocycles. The van der Waals surface area contributed by atoms with Crippen molar-refractivity contribution in [2.24, 2.45) is 5.92 Å². The normalized spacial score (nSPS) is 23.0. The molecular formula is C21H28N4S. The van der Waals surface area contributed by atoms with Gasteiger partial charge in [-0.15, -0.1) is 0 Å². The Kier molecular flexibility index (Phi) is 4.51. The molecule has 1 saturated carbocycles. The zero-order valence-electron chi connectivity index (χ0n) is 16.1. The fourth-order valence-corrected chi connectivity index (χ4v) is 4.65. The molecule has 2 aromatic rings. The van der Waals surface area contributed by atoms with Crippen molar-refractivity contribution in [3.63, 3.8) is 0 Å². The van der Waals surface area contributed by atoms with Gasteiger partial charge in [-0.2, -0.15) is 0 Å². The van der Waals surface area contributed by atoms with E-state index in [-0.39, 0.29) is 12.1 Å². The fraction of sp³-hybridized carbons (Fsp3) is 0.524. The van der Waals surface area contributed by atoms with Crippen LogP contribution < -0.4 is 5.32 Å². The Balaban J connectivity index is 1.79. The molecule has 1 aliphatic heterocycles. The summed E-state index contributed by atoms with van der Waals surface area (Å²) in [4.78, 5) is 7.01. The lowest BCUT2D eigenvalue weighted by atomic mass is 9.96. The molecule has 1 aliphatic carbocycles. The summed E-state index contributed by atoms with van der Waals surface area (Å²) in [5.74, 6) is 0.548. The smallest absolute Gasteiger partial charge is 0.170 e. The average Bonchev–Trinajstić information content (AvgIpc) is 3.33. The highest BCUT2D eigenvalue weighted by Gasteiger charge is 2.42. The van der Waals surface area contributed by atoms with Crippen LogP contribution in [0.2, 0.25) is 0 Å². The van der Waals surface area contributed by atoms with Crippen molar-refractivity contribution in [3.8, 4) is 0 Å². The second kappa shape index (κ2) is 6.69. The molecule has 4 rings (SSSR count). The van der Waals surface area contributed by atoms with Gasteiger partial charge in [-0.05, 0) is 68.6 Å². The summed E-state index contributed by atoms with van der Waals surface area (Å²) in [6.07, 6.45) is 4.47. The molecule has 0 amide bonds. The third-order valence-electron chi connectivity index (χ3n) is 5.51. The van der Waals surface area contributed by atoms with Gasteiger partial charge in [0.25, 0.3) is 0 Å². The van der Waals surface area contributed by atoms with E-state index in [4.69, 9.17) is 12.2 Å². The van der Waals surface area contributed by atoms with Crippen molar-refractivity contribution in [3.05, 3.63) is 53.1 Å². The second-order valence-corrected chi connectivity index (χ2v) is 8.49. The molecule has 1 N–H and O–H groups in total. The minimum absolute atomic E-state index is 0.0932. The average molecular weight is 369 g/mol. The number of nitrogens with one attached hydrogen (secondary N) is 1. The van der Waals surface area contributed by atoms with Gasteiger partial charge in [0, 0.05) is 30.2 Å². The highest BCUT2D eigenvalue weighted by atomic mass is 32.1. The molecule has 4 nitrogen and oxygen atoms in total. The summed E-state index contributed by atoms with van der Waals surface area (Å²) in [7, 11) is 0. The van der Waals surface area contributed by atoms with Crippen molar-refractivity contribution < 1.29 is 0 Å². The molecule has 26 heavy (non-hydrogen) atoms. The predicted octanol–water partition coefficient (Wildman–Crippen LogP) is 4.46. The van der Waals surface area contributed by atoms with Crippen molar-refractivity contribution in [2.75, 3.05) is 6.54 Å². The van der Waals surface area contributed by atoms with E-state index >= 15 is 0 Å². The van der Waals surface area contributed by atoms with Gasteiger partial charge in [0.05, 0.1) is 17.8 Å². The van der Waals surface area contributed by atoms with E-state index in [9.17, 15) is 0 Å². The molecule has 0 bridgehead atoms. The van der Waals surface area contributed by atoms with Crippen LogP contribution in [0.15, 0.2) is 30.5 Å². The molecule has 3 heterocycles. The lowest BCUT2D eigenvalue weighted by Crippen LogP contribution is -2.33. The molecule has 138 valence electrons. The van der Waals surface area contributed by atoms with Crippen LogP contribution in [0.1, 0.15) is 67.5 Å². The third-order valence-corrected chi connectivity index (χ3v) is 5.87. The van der Waals surface area contributed by atoms with Crippen molar-refractivity contribution in [1.82, 2.24) is 19.8 Å². The molecule has 5 heteroatoms. The Labute approximate surface area is 161 Å². The maximum atomic E-state index is 5.74. The molecule has 2 aromatic heterocycles. The molecule has 1 saturated heterocycles. The van der Waals surface area contributed by atoms with Gasteiger partial charge in [-0.1, -0.05) is 19.9 Å². The predicted molar refractivity (Wildman–Crippen MR) is 109 cm³/mol. The number of thiocarbonyl (C=S) groups is 1. The molecule has 2 fully saturated rings. The van der Waals surface area contributed by atoms with E-state index in [1.165, 1.54) is 29.8 Å². The van der Waals surface area contributed by atoms with Gasteiger partial charge in [0.2, 0.25) is 0 Å². The molecule has 0 radical (unpaired) electrons. The first-order valence-electron chi connectivity index (χ1n) is 9.63. The quantitative estimate of drug-likeness (QED) is 0.790. The number of pyridine rings is 1. The summed E-state index contributed by atoms with van der Waals surface area (Å²) in [6.45, 7) is 9.96. The maximum absolute atomic E-state index is 5.74. The molecule has 0 spiro atoms. The van der Waals surface area contributed by atoms with Crippen molar-refractivity contribution in [1.29, 1.82) is 0 Å². The Bertz CT molecular complexity index is 807. The third kappa shape index (κ3) is 3.02. The number of nitrogens with zero attached hydrogens (tertiary/aromatic N) is 3. The minimum Gasteiger partial charge on any atom is -0.352 e. The molecule has 2 atom stereocenters. The summed E-state index contributed by atoms with van der Waals surface area (Å²) < 4.78 is 2.53. The zero-order valence-corrected chi connectivity index (χ0v) is 16.9. The number of hydrogen-bond acceptors (Lipinski definition) is 2. The van der Waals surface area contributed by atoms with E-state index in [0.717, 1.165) is 17.4 Å². The van der Waals surface area contributed by atoms with E-state index in [0.29, 0.717) is 12.0 Å². The summed E-state index contributed by atoms with van der Waals surface area (Å²) in [5, 5.41) is 4.40. The van der Waals surface area contributed by atoms with Gasteiger partial charge >= 0.3 is 0 Å². The van der Waals surface area contributed by atoms with E-state index in [1.807, 2.05) is 12.3 Å². The van der Waals surface area contributed by atoms with Gasteiger partial charge < -0.3 is 14.8 Å². The van der Waals surface area contributed by atoms with E-state index < -0.39 is 0 Å². The largest absolute Gasteiger partial charge is 0.352 e. The minimum atomic E-state index is 0.0932. The fourth-order valence-electron chi connectivity index (χ4n) is 4.33. The summed E-state index contributed by atoms with van der Waals surface area (Å²) in [5.41, 5.74) is 5.19. The van der Waals surface area contributed by atoms with Gasteiger partial charge in [0.1, 0.15) is 0 Å². The van der Waals surface area contributed by atoms with Crippen LogP contribution in [0.4, 0.5) is 0 Å². The van der Waals surface area contributed by atoms with Crippen LogP contribution in [0.3, 0.4) is 0 Å². The lowest BCUT2D eigenvalue weighted by molar-refractivity contribution is 0.286. The zero-order chi connectivity index (χ0) is 18.4. The number of aryl methyl sites for hydroxylation is 1. The van der Waals surface area contributed by atoms with E-state index in [1.54, 1.807) is 0 Å². The summed E-state index contributed by atoms with van der Waals surface area (Å²) in [6, 6.07) is 9.48. The van der Waals surface area contributed by atoms with Crippen LogP contribution in [-0.4, -0.2) is 26.1 Å². The highest BCUT2D eigenvalue weighted by Crippen LogP contribution is 2.44. The molecule has 0 unspecified atom stereocenters. The Morgan fingerprint density at radius 1 is 1.27 bits per heavy atom. The Morgan fingerprint density at radius 2 is 2.04 bits per heavy atom. The monoisotopic (exact) mass is 368 g/mol. The van der Waals surface area contributed by atoms with E-state index in [2.05, 4.69) is 65.7 Å². The first kappa shape index (κ1) is 17.5. The highest BCUT2D eigenvalue weighted by molar-refractivity contribution is 7.80. The Morgan fingerprint density at radius 3 is 2.65 bits per heavy atom. The maximum Gasteiger partial charge on any atom is 0.170 e. The van der Waals surface area contributed by atoms with Gasteiger partial charge in [-0.3, -0.25) is 4.98 Å². The number of hydrogen-bond donors (Lipinski definition) is 1. The van der Waals surface area contributed by atoms with Crippen LogP contribution in [-0.2, 0) is 0 Å². The Hall–Kier alpha value is -1.88. The second-order valence-electron chi connectivity index (χ2n) is 8.10. The SMILES string of the molecule is Cc1cc([C@H]2[C@H](c3ccccn3)NC(=S)N2CC(C)C)c(C)n1C1CC1. The van der Waals surface area contributed by atoms with Crippen LogP contribution in [0, 0.1) is 19.8 Å². The number of rotatable bonds is 5. The van der Waals surface area contributed by atoms with Gasteiger partial charge in [0.15, 0.2) is 5.11 Å². The standard InChI is InChI=1S/C21H28N4S/c1-13(2)12-24-20(17-11-14(3)25(15(17)4)16-8-9-16)19(23-21(24)26)18-7-5-6-10-22-18/h5-7,10-11,13,16,19-20H,8-9,12H2,1-4H3,(H,23,26)/t19-,20-/m0/s1. The van der Waals surface area contributed by atoms with Crippen LogP contribution in [0.25, 0.3) is 0 Å². The van der Waals surface area contributed by atoms with Crippen LogP contribution in [0.5, 0.6) is 0 Å². The molecular weight excluding hydrogens is 340 g/mol. The molecule has 2 aliphatic rings. The lowest BCUT2D eigenvalue weighted by Gasteiger charge is -2.29.